The lowest BCUT2D eigenvalue weighted by Crippen LogP contribution is -2.43. The van der Waals surface area contributed by atoms with Crippen LogP contribution in [0.25, 0.3) is 5.52 Å². The molecule has 190 valence electrons. The minimum atomic E-state index is -2.01. The molecule has 1 amide bonds. The molecule has 1 aliphatic heterocycles. The summed E-state index contributed by atoms with van der Waals surface area (Å²) in [6.45, 7) is 5.40. The summed E-state index contributed by atoms with van der Waals surface area (Å²) in [6, 6.07) is 4.99. The predicted molar refractivity (Wildman–Crippen MR) is 122 cm³/mol. The zero-order valence-corrected chi connectivity index (χ0v) is 20.0. The van der Waals surface area contributed by atoms with Crippen LogP contribution in [0.4, 0.5) is 10.6 Å². The molecule has 12 nitrogen and oxygen atoms in total. The number of nitrogens with one attached hydrogen (secondary N) is 1. The first kappa shape index (κ1) is 26.3. The van der Waals surface area contributed by atoms with Gasteiger partial charge in [-0.2, -0.15) is 10.4 Å². The van der Waals surface area contributed by atoms with Gasteiger partial charge >= 0.3 is 12.1 Å². The number of carbonyl (C=O) groups excluding carboxylic acids is 2. The Hall–Kier alpha value is -3.27. The average molecular weight is 490 g/mol. The third-order valence-electron chi connectivity index (χ3n) is 5.65. The normalized spacial score (nSPS) is 23.9. The van der Waals surface area contributed by atoms with Gasteiger partial charge in [0.25, 0.3) is 0 Å². The summed E-state index contributed by atoms with van der Waals surface area (Å²) in [5.74, 6) is -0.428. The average Bonchev–Trinajstić information content (AvgIpc) is 3.37. The Morgan fingerprint density at radius 2 is 2.14 bits per heavy atom. The zero-order valence-electron chi connectivity index (χ0n) is 20.0. The van der Waals surface area contributed by atoms with Crippen molar-refractivity contribution in [2.24, 2.45) is 5.92 Å². The number of nitrogens with zero attached hydrogens (tertiary/aromatic N) is 4. The van der Waals surface area contributed by atoms with Crippen molar-refractivity contribution in [2.75, 3.05) is 18.5 Å². The molecule has 1 saturated heterocycles. The summed E-state index contributed by atoms with van der Waals surface area (Å²) in [4.78, 5) is 28.5. The molecule has 2 aromatic heterocycles. The van der Waals surface area contributed by atoms with Crippen LogP contribution < -0.4 is 5.32 Å². The Labute approximate surface area is 202 Å². The van der Waals surface area contributed by atoms with E-state index in [9.17, 15) is 25.1 Å². The van der Waals surface area contributed by atoms with Crippen LogP contribution in [0.3, 0.4) is 0 Å². The van der Waals surface area contributed by atoms with E-state index in [0.29, 0.717) is 5.52 Å². The zero-order chi connectivity index (χ0) is 25.6. The van der Waals surface area contributed by atoms with Gasteiger partial charge in [0.1, 0.15) is 30.1 Å². The van der Waals surface area contributed by atoms with Gasteiger partial charge in [0, 0.05) is 6.42 Å². The first-order chi connectivity index (χ1) is 16.8. The molecule has 1 aliphatic rings. The van der Waals surface area contributed by atoms with Crippen LogP contribution in [0.2, 0.25) is 0 Å². The van der Waals surface area contributed by atoms with Crippen molar-refractivity contribution in [3.05, 3.63) is 24.2 Å². The number of hydrogen-bond acceptors (Lipinski definition) is 10. The van der Waals surface area contributed by atoms with Crippen LogP contribution in [0.15, 0.2) is 18.5 Å². The summed E-state index contributed by atoms with van der Waals surface area (Å²) < 4.78 is 17.6. The van der Waals surface area contributed by atoms with Crippen molar-refractivity contribution >= 4 is 23.4 Å². The quantitative estimate of drug-likeness (QED) is 0.331. The SMILES string of the molecule is CCCCCOC(=O)Nc1ncnn2c(C3(C#N)OC(CO)C(OC(=O)CC(C)C)C3O)ccc12. The Morgan fingerprint density at radius 3 is 2.80 bits per heavy atom. The monoisotopic (exact) mass is 489 g/mol. The number of aromatic nitrogens is 3. The number of amides is 1. The number of unbranched alkanes of at least 4 members (excludes halogenated alkanes) is 2. The fourth-order valence-corrected chi connectivity index (χ4v) is 3.95. The van der Waals surface area contributed by atoms with Gasteiger partial charge in [-0.1, -0.05) is 33.6 Å². The van der Waals surface area contributed by atoms with Crippen molar-refractivity contribution in [3.8, 4) is 6.07 Å². The van der Waals surface area contributed by atoms with E-state index in [1.54, 1.807) is 6.07 Å². The van der Waals surface area contributed by atoms with Crippen LogP contribution in [-0.2, 0) is 24.6 Å². The van der Waals surface area contributed by atoms with Gasteiger partial charge in [-0.15, -0.1) is 0 Å². The number of anilines is 1. The number of esters is 1. The number of rotatable bonds is 10. The van der Waals surface area contributed by atoms with E-state index in [2.05, 4.69) is 15.4 Å². The van der Waals surface area contributed by atoms with Gasteiger partial charge in [0.05, 0.1) is 18.9 Å². The van der Waals surface area contributed by atoms with Crippen LogP contribution in [0.1, 0.15) is 52.1 Å². The molecule has 35 heavy (non-hydrogen) atoms. The summed E-state index contributed by atoms with van der Waals surface area (Å²) in [6.07, 6.45) is -0.763. The Kier molecular flexibility index (Phi) is 8.61. The van der Waals surface area contributed by atoms with E-state index >= 15 is 0 Å². The molecule has 12 heteroatoms. The maximum absolute atomic E-state index is 12.2. The molecule has 0 bridgehead atoms. The van der Waals surface area contributed by atoms with Crippen molar-refractivity contribution in [3.63, 3.8) is 0 Å². The van der Waals surface area contributed by atoms with Crippen molar-refractivity contribution in [2.45, 2.75) is 70.4 Å². The molecule has 0 spiro atoms. The molecule has 4 atom stereocenters. The maximum Gasteiger partial charge on any atom is 0.412 e. The standard InChI is InChI=1S/C23H31N5O7/c1-4-5-6-9-33-22(32)27-21-15-7-8-17(28(15)26-13-25-21)23(12-24)20(31)19(16(11-29)35-23)34-18(30)10-14(2)3/h7-8,13-14,16,19-20,29,31H,4-6,9-11H2,1-3H3,(H,25,26,27,32). The van der Waals surface area contributed by atoms with Gasteiger partial charge in [-0.05, 0) is 24.5 Å². The molecule has 1 fully saturated rings. The molecule has 3 rings (SSSR count). The molecule has 0 aromatic carbocycles. The Bertz CT molecular complexity index is 1080. The second-order valence-electron chi connectivity index (χ2n) is 8.78. The van der Waals surface area contributed by atoms with E-state index in [4.69, 9.17) is 14.2 Å². The summed E-state index contributed by atoms with van der Waals surface area (Å²) in [7, 11) is 0. The maximum atomic E-state index is 12.2. The highest BCUT2D eigenvalue weighted by Gasteiger charge is 2.59. The lowest BCUT2D eigenvalue weighted by molar-refractivity contribution is -0.157. The van der Waals surface area contributed by atoms with Gasteiger partial charge in [-0.3, -0.25) is 10.1 Å². The molecule has 4 unspecified atom stereocenters. The predicted octanol–water partition coefficient (Wildman–Crippen LogP) is 1.90. The third-order valence-corrected chi connectivity index (χ3v) is 5.65. The molecule has 0 aliphatic carbocycles. The van der Waals surface area contributed by atoms with Crippen molar-refractivity contribution < 1.29 is 34.0 Å². The highest BCUT2D eigenvalue weighted by Crippen LogP contribution is 2.41. The number of fused-ring (bicyclic) bond motifs is 1. The summed E-state index contributed by atoms with van der Waals surface area (Å²) >= 11 is 0. The summed E-state index contributed by atoms with van der Waals surface area (Å²) in [5.41, 5.74) is -1.57. The second-order valence-corrected chi connectivity index (χ2v) is 8.78. The first-order valence-electron chi connectivity index (χ1n) is 11.6. The highest BCUT2D eigenvalue weighted by atomic mass is 16.6. The molecular formula is C23H31N5O7. The van der Waals surface area contributed by atoms with Crippen LogP contribution in [-0.4, -0.2) is 68.4 Å². The third kappa shape index (κ3) is 5.53. The minimum Gasteiger partial charge on any atom is -0.457 e. The van der Waals surface area contributed by atoms with E-state index in [-0.39, 0.29) is 30.5 Å². The van der Waals surface area contributed by atoms with Crippen LogP contribution in [0.5, 0.6) is 0 Å². The molecule has 2 aromatic rings. The van der Waals surface area contributed by atoms with E-state index < -0.39 is 42.6 Å². The topological polar surface area (TPSA) is 168 Å². The number of hydrogen-bond donors (Lipinski definition) is 3. The number of carbonyl (C=O) groups is 2. The Balaban J connectivity index is 1.88. The van der Waals surface area contributed by atoms with E-state index in [1.807, 2.05) is 26.8 Å². The van der Waals surface area contributed by atoms with E-state index in [0.717, 1.165) is 19.3 Å². The number of aliphatic hydroxyl groups excluding tert-OH is 2. The fraction of sp³-hybridized carbons (Fsp3) is 0.609. The first-order valence-corrected chi connectivity index (χ1v) is 11.6. The molecule has 3 N–H and O–H groups in total. The molecular weight excluding hydrogens is 458 g/mol. The van der Waals surface area contributed by atoms with Gasteiger partial charge in [0.15, 0.2) is 11.9 Å². The van der Waals surface area contributed by atoms with Crippen molar-refractivity contribution in [1.29, 1.82) is 5.26 Å². The smallest absolute Gasteiger partial charge is 0.412 e. The Morgan fingerprint density at radius 1 is 1.37 bits per heavy atom. The molecule has 0 saturated carbocycles. The molecule has 3 heterocycles. The number of ether oxygens (including phenoxy) is 3. The molecule has 0 radical (unpaired) electrons. The van der Waals surface area contributed by atoms with Crippen LogP contribution in [0, 0.1) is 17.2 Å². The summed E-state index contributed by atoms with van der Waals surface area (Å²) in [5, 5.41) is 37.7. The number of nitriles is 1. The largest absolute Gasteiger partial charge is 0.457 e. The number of aliphatic hydroxyl groups is 2. The van der Waals surface area contributed by atoms with Gasteiger partial charge < -0.3 is 24.4 Å². The fourth-order valence-electron chi connectivity index (χ4n) is 3.95. The highest BCUT2D eigenvalue weighted by molar-refractivity contribution is 5.88. The lowest BCUT2D eigenvalue weighted by Gasteiger charge is -2.25. The van der Waals surface area contributed by atoms with Crippen molar-refractivity contribution in [1.82, 2.24) is 14.6 Å². The lowest BCUT2D eigenvalue weighted by atomic mass is 9.92. The van der Waals surface area contributed by atoms with Gasteiger partial charge in [0.2, 0.25) is 5.60 Å². The van der Waals surface area contributed by atoms with E-state index in [1.165, 1.54) is 16.9 Å². The minimum absolute atomic E-state index is 0.0193. The van der Waals surface area contributed by atoms with Crippen LogP contribution >= 0.6 is 0 Å². The van der Waals surface area contributed by atoms with Gasteiger partial charge in [-0.25, -0.2) is 14.3 Å². The second kappa shape index (κ2) is 11.4.